The molecule has 172 valence electrons. The molecule has 0 amide bonds. The minimum absolute atomic E-state index is 0.185. The molecular weight excluding hydrogens is 428 g/mol. The van der Waals surface area contributed by atoms with Crippen molar-refractivity contribution in [3.8, 4) is 33.9 Å². The van der Waals surface area contributed by atoms with Gasteiger partial charge in [0.05, 0.1) is 13.2 Å². The molecule has 34 heavy (non-hydrogen) atoms. The molecule has 0 saturated carbocycles. The largest absolute Gasteiger partial charge is 0.457 e. The molecule has 0 unspecified atom stereocenters. The molecule has 0 N–H and O–H groups in total. The summed E-state index contributed by atoms with van der Waals surface area (Å²) in [6, 6.07) is 21.0. The molecule has 0 bridgehead atoms. The molecule has 4 aromatic rings. The van der Waals surface area contributed by atoms with Gasteiger partial charge in [0.15, 0.2) is 0 Å². The first-order valence-electron chi connectivity index (χ1n) is 11.3. The Morgan fingerprint density at radius 3 is 2.44 bits per heavy atom. The Labute approximate surface area is 198 Å². The Morgan fingerprint density at radius 1 is 0.941 bits per heavy atom. The van der Waals surface area contributed by atoms with Gasteiger partial charge in [0.25, 0.3) is 5.56 Å². The second kappa shape index (κ2) is 9.49. The smallest absolute Gasteiger partial charge is 0.267 e. The maximum atomic E-state index is 12.6. The number of rotatable bonds is 5. The van der Waals surface area contributed by atoms with Gasteiger partial charge in [0, 0.05) is 49.1 Å². The fourth-order valence-corrected chi connectivity index (χ4v) is 4.15. The Hall–Kier alpha value is -3.97. The van der Waals surface area contributed by atoms with Gasteiger partial charge in [0.2, 0.25) is 0 Å². The Kier molecular flexibility index (Phi) is 6.10. The first-order valence-corrected chi connectivity index (χ1v) is 11.3. The molecule has 0 aliphatic carbocycles. The zero-order valence-electron chi connectivity index (χ0n) is 19.3. The quantitative estimate of drug-likeness (QED) is 0.444. The van der Waals surface area contributed by atoms with Crippen molar-refractivity contribution in [3.05, 3.63) is 88.8 Å². The summed E-state index contributed by atoms with van der Waals surface area (Å²) < 4.78 is 13.0. The summed E-state index contributed by atoms with van der Waals surface area (Å²) in [4.78, 5) is 19.6. The van der Waals surface area contributed by atoms with Crippen LogP contribution in [0.1, 0.15) is 5.56 Å². The van der Waals surface area contributed by atoms with Crippen molar-refractivity contribution in [2.75, 3.05) is 31.2 Å². The minimum Gasteiger partial charge on any atom is -0.457 e. The number of benzene rings is 2. The number of hydrogen-bond acceptors (Lipinski definition) is 6. The molecule has 7 nitrogen and oxygen atoms in total. The van der Waals surface area contributed by atoms with E-state index in [9.17, 15) is 4.79 Å². The van der Waals surface area contributed by atoms with E-state index in [1.165, 1.54) is 4.68 Å². The van der Waals surface area contributed by atoms with Crippen molar-refractivity contribution < 1.29 is 9.47 Å². The van der Waals surface area contributed by atoms with Gasteiger partial charge in [-0.15, -0.1) is 0 Å². The topological polar surface area (TPSA) is 69.5 Å². The molecule has 1 aliphatic rings. The van der Waals surface area contributed by atoms with Crippen LogP contribution >= 0.6 is 0 Å². The van der Waals surface area contributed by atoms with Crippen molar-refractivity contribution in [3.63, 3.8) is 0 Å². The van der Waals surface area contributed by atoms with E-state index in [1.807, 2.05) is 67.7 Å². The standard InChI is InChI=1S/C27H26N4O3/c1-19-16-20(18-28-27(19)31-12-14-33-15-13-31)23-17-25(32)30(2)29-26(23)22-10-6-7-11-24(22)34-21-8-4-3-5-9-21/h3-11,16-18H,12-15H2,1-2H3. The van der Waals surface area contributed by atoms with Gasteiger partial charge >= 0.3 is 0 Å². The van der Waals surface area contributed by atoms with Crippen molar-refractivity contribution in [1.29, 1.82) is 0 Å². The number of morpholine rings is 1. The van der Waals surface area contributed by atoms with Gasteiger partial charge in [0.1, 0.15) is 23.0 Å². The van der Waals surface area contributed by atoms with E-state index >= 15 is 0 Å². The Morgan fingerprint density at radius 2 is 1.68 bits per heavy atom. The van der Waals surface area contributed by atoms with Crippen molar-refractivity contribution in [2.45, 2.75) is 6.92 Å². The summed E-state index contributed by atoms with van der Waals surface area (Å²) in [5, 5.41) is 4.63. The highest BCUT2D eigenvalue weighted by atomic mass is 16.5. The van der Waals surface area contributed by atoms with Crippen LogP contribution in [0.4, 0.5) is 5.82 Å². The van der Waals surface area contributed by atoms with Crippen LogP contribution in [0.3, 0.4) is 0 Å². The normalized spacial score (nSPS) is 13.6. The van der Waals surface area contributed by atoms with Gasteiger partial charge in [-0.1, -0.05) is 30.3 Å². The molecule has 1 aliphatic heterocycles. The van der Waals surface area contributed by atoms with E-state index in [2.05, 4.69) is 16.1 Å². The highest BCUT2D eigenvalue weighted by Gasteiger charge is 2.19. The lowest BCUT2D eigenvalue weighted by atomic mass is 9.99. The molecule has 1 fully saturated rings. The average Bonchev–Trinajstić information content (AvgIpc) is 2.87. The van der Waals surface area contributed by atoms with Crippen LogP contribution in [-0.4, -0.2) is 41.1 Å². The molecule has 5 rings (SSSR count). The molecular formula is C27H26N4O3. The van der Waals surface area contributed by atoms with Gasteiger partial charge in [-0.3, -0.25) is 4.79 Å². The predicted octanol–water partition coefficient (Wildman–Crippen LogP) is 4.45. The van der Waals surface area contributed by atoms with Crippen LogP contribution in [-0.2, 0) is 11.8 Å². The number of para-hydroxylation sites is 2. The fourth-order valence-electron chi connectivity index (χ4n) is 4.15. The van der Waals surface area contributed by atoms with Crippen LogP contribution in [0.15, 0.2) is 77.7 Å². The summed E-state index contributed by atoms with van der Waals surface area (Å²) in [7, 11) is 1.65. The van der Waals surface area contributed by atoms with E-state index in [1.54, 1.807) is 13.1 Å². The third-order valence-electron chi connectivity index (χ3n) is 5.88. The first-order chi connectivity index (χ1) is 16.6. The highest BCUT2D eigenvalue weighted by Crippen LogP contribution is 2.37. The van der Waals surface area contributed by atoms with E-state index in [-0.39, 0.29) is 5.56 Å². The summed E-state index contributed by atoms with van der Waals surface area (Å²) in [5.74, 6) is 2.34. The fraction of sp³-hybridized carbons (Fsp3) is 0.222. The first kappa shape index (κ1) is 21.9. The molecule has 0 spiro atoms. The molecule has 2 aromatic heterocycles. The second-order valence-electron chi connectivity index (χ2n) is 8.24. The van der Waals surface area contributed by atoms with Crippen LogP contribution in [0.2, 0.25) is 0 Å². The molecule has 3 heterocycles. The molecule has 0 radical (unpaired) electrons. The number of hydrogen-bond donors (Lipinski definition) is 0. The highest BCUT2D eigenvalue weighted by molar-refractivity contribution is 5.83. The summed E-state index contributed by atoms with van der Waals surface area (Å²) in [5.41, 5.74) is 3.87. The maximum Gasteiger partial charge on any atom is 0.267 e. The van der Waals surface area contributed by atoms with Crippen molar-refractivity contribution in [1.82, 2.24) is 14.8 Å². The van der Waals surface area contributed by atoms with Crippen LogP contribution in [0.5, 0.6) is 11.5 Å². The number of nitrogens with zero attached hydrogens (tertiary/aromatic N) is 4. The third-order valence-corrected chi connectivity index (χ3v) is 5.88. The second-order valence-corrected chi connectivity index (χ2v) is 8.24. The number of anilines is 1. The zero-order chi connectivity index (χ0) is 23.5. The van der Waals surface area contributed by atoms with Gasteiger partial charge < -0.3 is 14.4 Å². The summed E-state index contributed by atoms with van der Waals surface area (Å²) >= 11 is 0. The van der Waals surface area contributed by atoms with Gasteiger partial charge in [-0.2, -0.15) is 5.10 Å². The summed E-state index contributed by atoms with van der Waals surface area (Å²) in [6.45, 7) is 5.07. The zero-order valence-corrected chi connectivity index (χ0v) is 19.3. The van der Waals surface area contributed by atoms with Gasteiger partial charge in [-0.25, -0.2) is 9.67 Å². The molecule has 7 heteroatoms. The SMILES string of the molecule is Cc1cc(-c2cc(=O)n(C)nc2-c2ccccc2Oc2ccccc2)cnc1N1CCOCC1. The van der Waals surface area contributed by atoms with E-state index in [4.69, 9.17) is 14.5 Å². The number of pyridine rings is 1. The Balaban J connectivity index is 1.60. The van der Waals surface area contributed by atoms with Crippen molar-refractivity contribution >= 4 is 5.82 Å². The third kappa shape index (κ3) is 4.43. The van der Waals surface area contributed by atoms with Gasteiger partial charge in [-0.05, 0) is 42.8 Å². The van der Waals surface area contributed by atoms with Crippen LogP contribution in [0, 0.1) is 6.92 Å². The predicted molar refractivity (Wildman–Crippen MR) is 132 cm³/mol. The number of ether oxygens (including phenoxy) is 2. The number of aryl methyl sites for hydroxylation is 2. The van der Waals surface area contributed by atoms with Crippen LogP contribution < -0.4 is 15.2 Å². The molecule has 1 saturated heterocycles. The monoisotopic (exact) mass is 454 g/mol. The number of aromatic nitrogens is 3. The molecule has 0 atom stereocenters. The van der Waals surface area contributed by atoms with E-state index in [0.29, 0.717) is 24.7 Å². The van der Waals surface area contributed by atoms with Crippen LogP contribution in [0.25, 0.3) is 22.4 Å². The lowest BCUT2D eigenvalue weighted by Crippen LogP contribution is -2.37. The lowest BCUT2D eigenvalue weighted by Gasteiger charge is -2.29. The minimum atomic E-state index is -0.185. The Bertz CT molecular complexity index is 1360. The summed E-state index contributed by atoms with van der Waals surface area (Å²) in [6.07, 6.45) is 1.82. The van der Waals surface area contributed by atoms with E-state index in [0.717, 1.165) is 46.9 Å². The van der Waals surface area contributed by atoms with Crippen molar-refractivity contribution in [2.24, 2.45) is 7.05 Å². The molecule has 2 aromatic carbocycles. The maximum absolute atomic E-state index is 12.6. The lowest BCUT2D eigenvalue weighted by molar-refractivity contribution is 0.122. The van der Waals surface area contributed by atoms with E-state index < -0.39 is 0 Å². The average molecular weight is 455 g/mol.